The number of phosphoric acid groups is 1. The van der Waals surface area contributed by atoms with Gasteiger partial charge in [0.2, 0.25) is 0 Å². The van der Waals surface area contributed by atoms with Gasteiger partial charge in [0.25, 0.3) is 0 Å². The molecule has 0 heterocycles. The van der Waals surface area contributed by atoms with Crippen molar-refractivity contribution >= 4 is 13.9 Å². The van der Waals surface area contributed by atoms with Crippen molar-refractivity contribution in [2.45, 2.75) is 0 Å². The number of amides is 1. The summed E-state index contributed by atoms with van der Waals surface area (Å²) in [6.45, 7) is 0. The quantitative estimate of drug-likeness (QED) is 0.310. The minimum atomic E-state index is -4.71. The van der Waals surface area contributed by atoms with Gasteiger partial charge in [0.1, 0.15) is 0 Å². The number of nitrogens with one attached hydrogen (secondary N) is 1. The molecule has 0 aliphatic rings. The third-order valence-electron chi connectivity index (χ3n) is 0.252. The first-order chi connectivity index (χ1) is 3.92. The highest BCUT2D eigenvalue weighted by molar-refractivity contribution is 7.46. The number of rotatable bonds is 2. The summed E-state index contributed by atoms with van der Waals surface area (Å²) in [5.41, 5.74) is 1.04. The fourth-order valence-corrected chi connectivity index (χ4v) is 0.296. The lowest BCUT2D eigenvalue weighted by Gasteiger charge is -2.00. The van der Waals surface area contributed by atoms with Crippen LogP contribution in [0.25, 0.3) is 0 Å². The first kappa shape index (κ1) is 8.38. The zero-order valence-electron chi connectivity index (χ0n) is 4.01. The van der Waals surface area contributed by atoms with Crippen LogP contribution >= 0.6 is 7.82 Å². The first-order valence-electron chi connectivity index (χ1n) is 1.65. The molecule has 1 amide bonds. The highest BCUT2D eigenvalue weighted by Gasteiger charge is 2.15. The average Bonchev–Trinajstić information content (AvgIpc) is 1.59. The second kappa shape index (κ2) is 2.79. The van der Waals surface area contributed by atoms with Gasteiger partial charge in [-0.15, -0.1) is 0 Å². The SMILES string of the molecule is O=C(O)NOP(=O)(O)O. The molecule has 0 aliphatic heterocycles. The van der Waals surface area contributed by atoms with Crippen LogP contribution in [0.2, 0.25) is 0 Å². The molecule has 7 nitrogen and oxygen atoms in total. The van der Waals surface area contributed by atoms with Crippen LogP contribution in [0.4, 0.5) is 4.79 Å². The Morgan fingerprint density at radius 3 is 2.11 bits per heavy atom. The average molecular weight is 157 g/mol. The zero-order chi connectivity index (χ0) is 7.49. The van der Waals surface area contributed by atoms with Gasteiger partial charge >= 0.3 is 13.9 Å². The van der Waals surface area contributed by atoms with Crippen LogP contribution in [0.15, 0.2) is 0 Å². The summed E-state index contributed by atoms with van der Waals surface area (Å²) in [5.74, 6) is 0. The minimum absolute atomic E-state index is 1.04. The molecule has 0 aromatic carbocycles. The maximum absolute atomic E-state index is 9.68. The van der Waals surface area contributed by atoms with E-state index in [1.165, 1.54) is 0 Å². The molecule has 0 aromatic rings. The van der Waals surface area contributed by atoms with Gasteiger partial charge < -0.3 is 14.9 Å². The number of carboxylic acid groups (broad SMARTS) is 1. The lowest BCUT2D eigenvalue weighted by atomic mass is 11.3. The van der Waals surface area contributed by atoms with Gasteiger partial charge in [-0.05, 0) is 0 Å². The summed E-state index contributed by atoms with van der Waals surface area (Å²) >= 11 is 0. The van der Waals surface area contributed by atoms with Crippen LogP contribution < -0.4 is 5.48 Å². The summed E-state index contributed by atoms with van der Waals surface area (Å²) < 4.78 is 13.0. The maximum atomic E-state index is 9.68. The highest BCUT2D eigenvalue weighted by Crippen LogP contribution is 2.33. The third-order valence-corrected chi connectivity index (χ3v) is 0.581. The fraction of sp³-hybridized carbons (Fsp3) is 0. The van der Waals surface area contributed by atoms with Crippen molar-refractivity contribution in [3.8, 4) is 0 Å². The topological polar surface area (TPSA) is 116 Å². The van der Waals surface area contributed by atoms with E-state index in [9.17, 15) is 9.36 Å². The van der Waals surface area contributed by atoms with Crippen LogP contribution in [0.3, 0.4) is 0 Å². The summed E-state index contributed by atoms with van der Waals surface area (Å²) in [6.07, 6.45) is -1.67. The van der Waals surface area contributed by atoms with Crippen molar-refractivity contribution in [3.63, 3.8) is 0 Å². The van der Waals surface area contributed by atoms with E-state index in [0.29, 0.717) is 0 Å². The summed E-state index contributed by atoms with van der Waals surface area (Å²) in [4.78, 5) is 25.1. The Labute approximate surface area is 49.5 Å². The lowest BCUT2D eigenvalue weighted by molar-refractivity contribution is 0.104. The third kappa shape index (κ3) is 7.38. The van der Waals surface area contributed by atoms with Crippen LogP contribution in [-0.2, 0) is 9.19 Å². The zero-order valence-corrected chi connectivity index (χ0v) is 4.91. The van der Waals surface area contributed by atoms with E-state index in [1.54, 1.807) is 0 Å². The molecule has 0 bridgehead atoms. The Hall–Kier alpha value is -0.620. The van der Waals surface area contributed by atoms with Gasteiger partial charge in [-0.25, -0.2) is 9.36 Å². The monoisotopic (exact) mass is 157 g/mol. The van der Waals surface area contributed by atoms with E-state index in [-0.39, 0.29) is 0 Å². The Bertz CT molecular complexity index is 147. The predicted molar refractivity (Wildman–Crippen MR) is 24.3 cm³/mol. The molecule has 0 unspecified atom stereocenters. The van der Waals surface area contributed by atoms with Crippen molar-refractivity contribution in [1.82, 2.24) is 5.48 Å². The van der Waals surface area contributed by atoms with E-state index in [1.807, 2.05) is 0 Å². The highest BCUT2D eigenvalue weighted by atomic mass is 31.2. The van der Waals surface area contributed by atoms with E-state index in [4.69, 9.17) is 14.9 Å². The van der Waals surface area contributed by atoms with E-state index in [0.717, 1.165) is 5.48 Å². The summed E-state index contributed by atoms with van der Waals surface area (Å²) in [5, 5.41) is 7.70. The number of carbonyl (C=O) groups is 1. The van der Waals surface area contributed by atoms with Gasteiger partial charge in [0.15, 0.2) is 0 Å². The van der Waals surface area contributed by atoms with Crippen molar-refractivity contribution < 1.29 is 28.9 Å². The molecule has 0 spiro atoms. The van der Waals surface area contributed by atoms with Gasteiger partial charge in [-0.3, -0.25) is 0 Å². The molecule has 8 heteroatoms. The van der Waals surface area contributed by atoms with E-state index >= 15 is 0 Å². The van der Waals surface area contributed by atoms with Crippen LogP contribution in [0.1, 0.15) is 0 Å². The lowest BCUT2D eigenvalue weighted by Crippen LogP contribution is -2.19. The van der Waals surface area contributed by atoms with Crippen LogP contribution in [-0.4, -0.2) is 21.0 Å². The number of hydrogen-bond donors (Lipinski definition) is 4. The number of hydrogen-bond acceptors (Lipinski definition) is 3. The van der Waals surface area contributed by atoms with Crippen molar-refractivity contribution in [1.29, 1.82) is 0 Å². The van der Waals surface area contributed by atoms with Crippen LogP contribution in [0.5, 0.6) is 0 Å². The second-order valence-electron chi connectivity index (χ2n) is 0.989. The molecule has 0 atom stereocenters. The largest absolute Gasteiger partial charge is 0.491 e. The first-order valence-corrected chi connectivity index (χ1v) is 3.18. The smallest absolute Gasteiger partial charge is 0.464 e. The van der Waals surface area contributed by atoms with Gasteiger partial charge in [-0.1, -0.05) is 0 Å². The predicted octanol–water partition coefficient (Wildman–Crippen LogP) is -0.722. The summed E-state index contributed by atoms with van der Waals surface area (Å²) in [7, 11) is -4.71. The Morgan fingerprint density at radius 1 is 1.56 bits per heavy atom. The van der Waals surface area contributed by atoms with Gasteiger partial charge in [-0.2, -0.15) is 10.1 Å². The molecule has 54 valence electrons. The van der Waals surface area contributed by atoms with Gasteiger partial charge in [0, 0.05) is 0 Å². The van der Waals surface area contributed by atoms with Crippen molar-refractivity contribution in [3.05, 3.63) is 0 Å². The van der Waals surface area contributed by atoms with Gasteiger partial charge in [0.05, 0.1) is 0 Å². The second-order valence-corrected chi connectivity index (χ2v) is 2.15. The normalized spacial score (nSPS) is 10.9. The molecule has 0 fully saturated rings. The van der Waals surface area contributed by atoms with Crippen molar-refractivity contribution in [2.24, 2.45) is 0 Å². The van der Waals surface area contributed by atoms with Crippen molar-refractivity contribution in [2.75, 3.05) is 0 Å². The van der Waals surface area contributed by atoms with Crippen LogP contribution in [0, 0.1) is 0 Å². The standard InChI is InChI=1S/CH4NO6P/c3-1(4)2-8-9(5,6)7/h2H,(H,3,4)(H2,5,6,7). The molecule has 0 aromatic heterocycles. The molecule has 0 saturated heterocycles. The Balaban J connectivity index is 3.53. The molecule has 0 radical (unpaired) electrons. The maximum Gasteiger partial charge on any atom is 0.491 e. The fourth-order valence-electron chi connectivity index (χ4n) is 0.0985. The molecule has 0 aliphatic carbocycles. The molecule has 9 heavy (non-hydrogen) atoms. The Kier molecular flexibility index (Phi) is 2.60. The van der Waals surface area contributed by atoms with E-state index < -0.39 is 13.9 Å². The number of hydroxylamine groups is 1. The molecule has 4 N–H and O–H groups in total. The molecular weight excluding hydrogens is 153 g/mol. The molecule has 0 rings (SSSR count). The minimum Gasteiger partial charge on any atom is -0.464 e. The Morgan fingerprint density at radius 2 is 2.00 bits per heavy atom. The summed E-state index contributed by atoms with van der Waals surface area (Å²) in [6, 6.07) is 0. The van der Waals surface area contributed by atoms with E-state index in [2.05, 4.69) is 4.62 Å². The molecule has 0 saturated carbocycles. The molecular formula is CH4NO6P.